The topological polar surface area (TPSA) is 120 Å². The first-order valence-corrected chi connectivity index (χ1v) is 14.4. The predicted octanol–water partition coefficient (Wildman–Crippen LogP) is 5.00. The average Bonchev–Trinajstić information content (AvgIpc) is 2.96. The number of anilines is 4. The number of piperazine rings is 1. The molecule has 226 valence electrons. The van der Waals surface area contributed by atoms with E-state index in [2.05, 4.69) is 20.2 Å². The van der Waals surface area contributed by atoms with Crippen LogP contribution in [0.2, 0.25) is 10.0 Å². The van der Waals surface area contributed by atoms with Gasteiger partial charge in [0.15, 0.2) is 6.73 Å². The number of fused-ring (bicyclic) bond motifs is 1. The summed E-state index contributed by atoms with van der Waals surface area (Å²) in [6.45, 7) is 7.62. The molecule has 0 unspecified atom stereocenters. The maximum Gasteiger partial charge on any atom is 0.425 e. The van der Waals surface area contributed by atoms with Gasteiger partial charge in [0.25, 0.3) is 5.91 Å². The standard InChI is InChI=1S/C29H31Cl2N7O5/c1-29(2,3)43-28(41)38(15-16-39)36-13-11-35(12-14-36)20-9-7-19(8-10-20)33-27-32-17-21-25(34-27)42-18-37(26(21)40)24-22(30)5-4-6-23(24)31/h4-10,16-17H,11-15,18H2,1-3H3,(H,32,33,34). The summed E-state index contributed by atoms with van der Waals surface area (Å²) in [5.74, 6) is 0.0635. The quantitative estimate of drug-likeness (QED) is 0.358. The van der Waals surface area contributed by atoms with E-state index >= 15 is 0 Å². The van der Waals surface area contributed by atoms with E-state index < -0.39 is 11.7 Å². The lowest BCUT2D eigenvalue weighted by molar-refractivity contribution is -0.114. The number of hydrazine groups is 1. The summed E-state index contributed by atoms with van der Waals surface area (Å²) in [6, 6.07) is 12.7. The third kappa shape index (κ3) is 6.93. The number of ether oxygens (including phenoxy) is 2. The van der Waals surface area contributed by atoms with Gasteiger partial charge in [0, 0.05) is 43.8 Å². The molecule has 0 atom stereocenters. The zero-order valence-corrected chi connectivity index (χ0v) is 25.4. The van der Waals surface area contributed by atoms with Crippen LogP contribution < -0.4 is 19.9 Å². The molecule has 0 radical (unpaired) electrons. The summed E-state index contributed by atoms with van der Waals surface area (Å²) in [6.07, 6.45) is 1.57. The number of nitrogens with zero attached hydrogens (tertiary/aromatic N) is 6. The lowest BCUT2D eigenvalue weighted by atomic mass is 10.2. The molecule has 1 fully saturated rings. The molecule has 1 aromatic heterocycles. The van der Waals surface area contributed by atoms with Crippen molar-refractivity contribution in [1.82, 2.24) is 20.0 Å². The Morgan fingerprint density at radius 2 is 1.77 bits per heavy atom. The van der Waals surface area contributed by atoms with Gasteiger partial charge in [-0.2, -0.15) is 4.98 Å². The van der Waals surface area contributed by atoms with Gasteiger partial charge in [-0.1, -0.05) is 29.3 Å². The van der Waals surface area contributed by atoms with Crippen LogP contribution in [-0.2, 0) is 9.53 Å². The molecule has 43 heavy (non-hydrogen) atoms. The number of amides is 2. The van der Waals surface area contributed by atoms with Gasteiger partial charge in [-0.25, -0.2) is 19.8 Å². The van der Waals surface area contributed by atoms with Crippen molar-refractivity contribution in [2.24, 2.45) is 0 Å². The molecule has 2 aliphatic heterocycles. The first-order chi connectivity index (χ1) is 20.5. The van der Waals surface area contributed by atoms with Crippen molar-refractivity contribution in [3.63, 3.8) is 0 Å². The highest BCUT2D eigenvalue weighted by molar-refractivity contribution is 6.40. The second-order valence-electron chi connectivity index (χ2n) is 10.8. The zero-order valence-electron chi connectivity index (χ0n) is 23.9. The Bertz CT molecular complexity index is 1490. The third-order valence-corrected chi connectivity index (χ3v) is 7.31. The molecule has 3 heterocycles. The van der Waals surface area contributed by atoms with Crippen LogP contribution in [0.5, 0.6) is 5.88 Å². The van der Waals surface area contributed by atoms with Gasteiger partial charge in [0.05, 0.1) is 22.3 Å². The molecule has 1 saturated heterocycles. The average molecular weight is 629 g/mol. The van der Waals surface area contributed by atoms with E-state index in [0.29, 0.717) is 48.2 Å². The van der Waals surface area contributed by atoms with E-state index in [4.69, 9.17) is 32.7 Å². The smallest absolute Gasteiger partial charge is 0.425 e. The van der Waals surface area contributed by atoms with Crippen LogP contribution in [0.25, 0.3) is 0 Å². The van der Waals surface area contributed by atoms with Crippen LogP contribution in [0.3, 0.4) is 0 Å². The molecule has 12 nitrogen and oxygen atoms in total. The number of hydrogen-bond acceptors (Lipinski definition) is 10. The number of aldehydes is 1. The minimum Gasteiger partial charge on any atom is -0.455 e. The largest absolute Gasteiger partial charge is 0.455 e. The molecular formula is C29H31Cl2N7O5. The van der Waals surface area contributed by atoms with Crippen molar-refractivity contribution in [2.45, 2.75) is 26.4 Å². The molecule has 2 aliphatic rings. The maximum atomic E-state index is 13.1. The number of carbonyl (C=O) groups is 3. The minimum absolute atomic E-state index is 0.0623. The summed E-state index contributed by atoms with van der Waals surface area (Å²) in [4.78, 5) is 49.2. The first-order valence-electron chi connectivity index (χ1n) is 13.6. The first kappa shape index (κ1) is 30.3. The number of benzene rings is 2. The summed E-state index contributed by atoms with van der Waals surface area (Å²) < 4.78 is 11.2. The molecule has 3 aromatic rings. The summed E-state index contributed by atoms with van der Waals surface area (Å²) >= 11 is 12.6. The molecule has 0 spiro atoms. The number of carbonyl (C=O) groups excluding carboxylic acids is 3. The highest BCUT2D eigenvalue weighted by Crippen LogP contribution is 2.37. The number of para-hydroxylation sites is 1. The highest BCUT2D eigenvalue weighted by atomic mass is 35.5. The Kier molecular flexibility index (Phi) is 8.90. The molecule has 14 heteroatoms. The van der Waals surface area contributed by atoms with E-state index in [9.17, 15) is 14.4 Å². The van der Waals surface area contributed by atoms with Gasteiger partial charge < -0.3 is 24.5 Å². The van der Waals surface area contributed by atoms with Gasteiger partial charge in [-0.15, -0.1) is 0 Å². The molecule has 2 aromatic carbocycles. The number of halogens is 2. The lowest BCUT2D eigenvalue weighted by Gasteiger charge is -2.41. The zero-order chi connectivity index (χ0) is 30.7. The van der Waals surface area contributed by atoms with Crippen LogP contribution in [-0.4, -0.2) is 83.3 Å². The Balaban J connectivity index is 1.20. The Morgan fingerprint density at radius 3 is 2.40 bits per heavy atom. The monoisotopic (exact) mass is 627 g/mol. The molecule has 1 N–H and O–H groups in total. The second kappa shape index (κ2) is 12.6. The van der Waals surface area contributed by atoms with Crippen LogP contribution in [0.15, 0.2) is 48.7 Å². The van der Waals surface area contributed by atoms with Crippen molar-refractivity contribution in [1.29, 1.82) is 0 Å². The van der Waals surface area contributed by atoms with Gasteiger partial charge in [-0.05, 0) is 57.2 Å². The van der Waals surface area contributed by atoms with Crippen molar-refractivity contribution in [3.05, 3.63) is 64.3 Å². The van der Waals surface area contributed by atoms with E-state index in [0.717, 1.165) is 11.4 Å². The minimum atomic E-state index is -0.655. The number of rotatable bonds is 7. The van der Waals surface area contributed by atoms with E-state index in [-0.39, 0.29) is 36.6 Å². The Hall–Kier alpha value is -4.13. The normalized spacial score (nSPS) is 15.4. The third-order valence-electron chi connectivity index (χ3n) is 6.70. The number of aromatic nitrogens is 2. The summed E-state index contributed by atoms with van der Waals surface area (Å²) in [7, 11) is 0. The predicted molar refractivity (Wildman–Crippen MR) is 163 cm³/mol. The Labute approximate surface area is 259 Å². The molecule has 0 aliphatic carbocycles. The molecule has 5 rings (SSSR count). The molecular weight excluding hydrogens is 597 g/mol. The van der Waals surface area contributed by atoms with Crippen LogP contribution in [0, 0.1) is 0 Å². The lowest BCUT2D eigenvalue weighted by Crippen LogP contribution is -2.56. The van der Waals surface area contributed by atoms with E-state index in [1.54, 1.807) is 39.0 Å². The fourth-order valence-electron chi connectivity index (χ4n) is 4.70. The summed E-state index contributed by atoms with van der Waals surface area (Å²) in [5.41, 5.74) is 1.66. The van der Waals surface area contributed by atoms with Crippen molar-refractivity contribution >= 4 is 64.5 Å². The second-order valence-corrected chi connectivity index (χ2v) is 11.6. The summed E-state index contributed by atoms with van der Waals surface area (Å²) in [5, 5.41) is 7.01. The van der Waals surface area contributed by atoms with Crippen LogP contribution >= 0.6 is 23.2 Å². The van der Waals surface area contributed by atoms with Gasteiger partial charge in [-0.3, -0.25) is 9.69 Å². The fraction of sp³-hybridized carbons (Fsp3) is 0.345. The van der Waals surface area contributed by atoms with Gasteiger partial charge >= 0.3 is 6.09 Å². The van der Waals surface area contributed by atoms with Crippen molar-refractivity contribution < 1.29 is 23.9 Å². The maximum absolute atomic E-state index is 13.1. The van der Waals surface area contributed by atoms with Gasteiger partial charge in [0.1, 0.15) is 17.5 Å². The molecule has 0 saturated carbocycles. The van der Waals surface area contributed by atoms with Gasteiger partial charge in [0.2, 0.25) is 11.8 Å². The van der Waals surface area contributed by atoms with E-state index in [1.807, 2.05) is 29.3 Å². The van der Waals surface area contributed by atoms with E-state index in [1.165, 1.54) is 16.1 Å². The molecule has 2 amide bonds. The highest BCUT2D eigenvalue weighted by Gasteiger charge is 2.32. The molecule has 0 bridgehead atoms. The Morgan fingerprint density at radius 1 is 1.09 bits per heavy atom. The van der Waals surface area contributed by atoms with Crippen molar-refractivity contribution in [2.75, 3.05) is 54.6 Å². The SMILES string of the molecule is CC(C)(C)OC(=O)N(CC=O)N1CCN(c2ccc(Nc3ncc4c(n3)OCN(c3c(Cl)cccc3Cl)C4=O)cc2)CC1. The number of nitrogens with one attached hydrogen (secondary N) is 1. The van der Waals surface area contributed by atoms with Crippen LogP contribution in [0.4, 0.5) is 27.8 Å². The fourth-order valence-corrected chi connectivity index (χ4v) is 5.30. The van der Waals surface area contributed by atoms with Crippen LogP contribution in [0.1, 0.15) is 31.1 Å². The number of hydrogen-bond donors (Lipinski definition) is 1. The van der Waals surface area contributed by atoms with Crippen molar-refractivity contribution in [3.8, 4) is 5.88 Å².